The number of nitrogens with one attached hydrogen (secondary N) is 3. The lowest BCUT2D eigenvalue weighted by Crippen LogP contribution is -2.48. The van der Waals surface area contributed by atoms with E-state index in [1.54, 1.807) is 18.2 Å². The summed E-state index contributed by atoms with van der Waals surface area (Å²) in [5.74, 6) is -3.80. The largest absolute Gasteiger partial charge is 0.370 e. The quantitative estimate of drug-likeness (QED) is 0.117. The van der Waals surface area contributed by atoms with E-state index in [1.807, 2.05) is 79.7 Å². The van der Waals surface area contributed by atoms with Crippen LogP contribution in [0.25, 0.3) is 16.8 Å². The van der Waals surface area contributed by atoms with Gasteiger partial charge < -0.3 is 16.4 Å². The first-order valence-electron chi connectivity index (χ1n) is 17.2. The van der Waals surface area contributed by atoms with Crippen molar-refractivity contribution in [1.29, 1.82) is 0 Å². The van der Waals surface area contributed by atoms with Crippen molar-refractivity contribution in [2.45, 2.75) is 57.5 Å². The third-order valence-electron chi connectivity index (χ3n) is 9.30. The van der Waals surface area contributed by atoms with Crippen LogP contribution in [0.5, 0.6) is 0 Å². The second-order valence-corrected chi connectivity index (χ2v) is 13.8. The van der Waals surface area contributed by atoms with Gasteiger partial charge in [-0.15, -0.1) is 10.2 Å². The Bertz CT molecular complexity index is 2200. The third kappa shape index (κ3) is 9.66. The van der Waals surface area contributed by atoms with Crippen LogP contribution in [0, 0.1) is 12.8 Å². The SMILES string of the molecule is Cc1ccc(CC(=O)[C@H](Cc2nn[nH]n2)NC(=O)[C@H](CC(N)=O)CC(=O)[C@H](Cc2ccc3ccccc3c2)NC(=O)C2=Cc3cc(Cl)ccc3C2)cc1. The highest BCUT2D eigenvalue weighted by Crippen LogP contribution is 2.28. The Morgan fingerprint density at radius 2 is 1.57 bits per heavy atom. The Morgan fingerprint density at radius 3 is 2.30 bits per heavy atom. The van der Waals surface area contributed by atoms with E-state index >= 15 is 0 Å². The summed E-state index contributed by atoms with van der Waals surface area (Å²) in [6, 6.07) is 24.2. The molecule has 5 N–H and O–H groups in total. The van der Waals surface area contributed by atoms with E-state index in [2.05, 4.69) is 31.3 Å². The fourth-order valence-electron chi connectivity index (χ4n) is 6.45. The normalized spacial score (nSPS) is 13.7. The molecule has 3 atom stereocenters. The number of carbonyl (C=O) groups is 5. The van der Waals surface area contributed by atoms with Crippen LogP contribution >= 0.6 is 11.6 Å². The molecular weight excluding hydrogens is 694 g/mol. The zero-order valence-electron chi connectivity index (χ0n) is 29.0. The molecule has 6 rings (SSSR count). The highest BCUT2D eigenvalue weighted by molar-refractivity contribution is 6.30. The van der Waals surface area contributed by atoms with Crippen molar-refractivity contribution >= 4 is 57.7 Å². The predicted molar refractivity (Wildman–Crippen MR) is 199 cm³/mol. The topological polar surface area (TPSA) is 190 Å². The summed E-state index contributed by atoms with van der Waals surface area (Å²) in [4.78, 5) is 67.5. The average molecular weight is 732 g/mol. The number of halogens is 1. The molecule has 0 radical (unpaired) electrons. The van der Waals surface area contributed by atoms with Crippen molar-refractivity contribution < 1.29 is 24.0 Å². The fraction of sp³-hybridized carbons (Fsp3) is 0.250. The van der Waals surface area contributed by atoms with Crippen LogP contribution in [-0.4, -0.2) is 62.0 Å². The molecule has 0 spiro atoms. The van der Waals surface area contributed by atoms with Crippen molar-refractivity contribution in [1.82, 2.24) is 31.3 Å². The van der Waals surface area contributed by atoms with Gasteiger partial charge in [-0.05, 0) is 64.6 Å². The summed E-state index contributed by atoms with van der Waals surface area (Å²) in [5, 5.41) is 21.9. The number of aromatic nitrogens is 4. The molecule has 0 fully saturated rings. The van der Waals surface area contributed by atoms with Gasteiger partial charge >= 0.3 is 0 Å². The molecule has 0 unspecified atom stereocenters. The van der Waals surface area contributed by atoms with Crippen LogP contribution in [0.4, 0.5) is 0 Å². The van der Waals surface area contributed by atoms with Crippen molar-refractivity contribution in [3.63, 3.8) is 0 Å². The number of tetrazole rings is 1. The van der Waals surface area contributed by atoms with E-state index in [1.165, 1.54) is 0 Å². The summed E-state index contributed by atoms with van der Waals surface area (Å²) in [6.45, 7) is 1.93. The Hall–Kier alpha value is -6.01. The van der Waals surface area contributed by atoms with Crippen LogP contribution in [0.3, 0.4) is 0 Å². The number of carbonyl (C=O) groups excluding carboxylic acids is 5. The molecule has 53 heavy (non-hydrogen) atoms. The van der Waals surface area contributed by atoms with Gasteiger partial charge in [-0.3, -0.25) is 24.0 Å². The smallest absolute Gasteiger partial charge is 0.248 e. The molecular formula is C40H38ClN7O5. The number of rotatable bonds is 16. The van der Waals surface area contributed by atoms with Gasteiger partial charge in [-0.2, -0.15) is 5.21 Å². The van der Waals surface area contributed by atoms with E-state index in [9.17, 15) is 24.0 Å². The Morgan fingerprint density at radius 1 is 0.830 bits per heavy atom. The predicted octanol–water partition coefficient (Wildman–Crippen LogP) is 3.97. The first-order chi connectivity index (χ1) is 25.5. The zero-order valence-corrected chi connectivity index (χ0v) is 29.7. The first-order valence-corrected chi connectivity index (χ1v) is 17.6. The molecule has 13 heteroatoms. The molecule has 1 aliphatic rings. The van der Waals surface area contributed by atoms with Crippen molar-refractivity contribution in [3.05, 3.63) is 129 Å². The third-order valence-corrected chi connectivity index (χ3v) is 9.54. The first kappa shape index (κ1) is 36.8. The van der Waals surface area contributed by atoms with Gasteiger partial charge in [0, 0.05) is 42.7 Å². The van der Waals surface area contributed by atoms with Gasteiger partial charge in [0.15, 0.2) is 17.4 Å². The maximum atomic E-state index is 14.2. The van der Waals surface area contributed by atoms with Gasteiger partial charge in [0.1, 0.15) is 0 Å². The molecule has 4 aromatic carbocycles. The number of H-pyrrole nitrogens is 1. The minimum Gasteiger partial charge on any atom is -0.370 e. The molecule has 270 valence electrons. The standard InChI is InChI=1S/C40H38ClN7O5/c1-23-6-8-24(9-7-23)16-35(49)34(22-38-45-47-48-46-38)44-40(53)31(21-37(42)51)20-36(50)33(15-25-10-11-26-4-2-3-5-27(26)14-25)43-39(52)30-17-28-12-13-32(41)19-29(28)18-30/h2-14,18-19,31,33-34H,15-17,20-22H2,1H3,(H2,42,51)(H,43,52)(H,44,53)(H,45,46,47,48)/t31-,33-,34-/m0/s1. The van der Waals surface area contributed by atoms with Crippen LogP contribution < -0.4 is 16.4 Å². The number of Topliss-reactive ketones (excluding diaryl/α,β-unsaturated/α-hetero) is 2. The summed E-state index contributed by atoms with van der Waals surface area (Å²) in [7, 11) is 0. The lowest BCUT2D eigenvalue weighted by molar-refractivity contribution is -0.135. The summed E-state index contributed by atoms with van der Waals surface area (Å²) < 4.78 is 0. The Kier molecular flexibility index (Phi) is 11.5. The minimum atomic E-state index is -1.23. The number of nitrogens with zero attached hydrogens (tertiary/aromatic N) is 3. The number of hydrogen-bond donors (Lipinski definition) is 4. The number of aromatic amines is 1. The van der Waals surface area contributed by atoms with Crippen LogP contribution in [0.1, 0.15) is 46.5 Å². The molecule has 0 bridgehead atoms. The van der Waals surface area contributed by atoms with Crippen molar-refractivity contribution in [3.8, 4) is 0 Å². The number of primary amides is 1. The molecule has 1 aliphatic carbocycles. The number of aryl methyl sites for hydroxylation is 1. The van der Waals surface area contributed by atoms with E-state index in [0.717, 1.165) is 38.6 Å². The lowest BCUT2D eigenvalue weighted by atomic mass is 9.90. The molecule has 3 amide bonds. The number of nitrogens with two attached hydrogens (primary N) is 1. The lowest BCUT2D eigenvalue weighted by Gasteiger charge is -2.23. The van der Waals surface area contributed by atoms with Crippen LogP contribution in [0.2, 0.25) is 5.02 Å². The summed E-state index contributed by atoms with van der Waals surface area (Å²) >= 11 is 6.17. The molecule has 12 nitrogen and oxygen atoms in total. The summed E-state index contributed by atoms with van der Waals surface area (Å²) in [6.07, 6.45) is 1.28. The molecule has 0 saturated carbocycles. The molecule has 1 aromatic heterocycles. The van der Waals surface area contributed by atoms with E-state index in [4.69, 9.17) is 17.3 Å². The van der Waals surface area contributed by atoms with Gasteiger partial charge in [0.2, 0.25) is 17.7 Å². The number of ketones is 2. The van der Waals surface area contributed by atoms with Crippen molar-refractivity contribution in [2.75, 3.05) is 0 Å². The zero-order chi connectivity index (χ0) is 37.5. The molecule has 0 saturated heterocycles. The highest BCUT2D eigenvalue weighted by atomic mass is 35.5. The number of hydrogen-bond acceptors (Lipinski definition) is 8. The Balaban J connectivity index is 1.23. The maximum absolute atomic E-state index is 14.2. The van der Waals surface area contributed by atoms with Gasteiger partial charge in [-0.25, -0.2) is 0 Å². The van der Waals surface area contributed by atoms with Gasteiger partial charge in [-0.1, -0.05) is 95.2 Å². The second-order valence-electron chi connectivity index (χ2n) is 13.4. The van der Waals surface area contributed by atoms with Gasteiger partial charge in [0.25, 0.3) is 0 Å². The van der Waals surface area contributed by atoms with Crippen LogP contribution in [-0.2, 0) is 49.7 Å². The number of fused-ring (bicyclic) bond motifs is 2. The number of amides is 3. The fourth-order valence-corrected chi connectivity index (χ4v) is 6.63. The minimum absolute atomic E-state index is 0.00822. The van der Waals surface area contributed by atoms with E-state index in [0.29, 0.717) is 17.0 Å². The van der Waals surface area contributed by atoms with Crippen molar-refractivity contribution in [2.24, 2.45) is 11.7 Å². The monoisotopic (exact) mass is 731 g/mol. The van der Waals surface area contributed by atoms with Gasteiger partial charge in [0.05, 0.1) is 18.0 Å². The molecule has 0 aliphatic heterocycles. The molecule has 5 aromatic rings. The second kappa shape index (κ2) is 16.6. The highest BCUT2D eigenvalue weighted by Gasteiger charge is 2.33. The van der Waals surface area contributed by atoms with Crippen LogP contribution in [0.15, 0.2) is 90.5 Å². The Labute approximate surface area is 310 Å². The number of benzene rings is 4. The molecule has 1 heterocycles. The maximum Gasteiger partial charge on any atom is 0.248 e. The van der Waals surface area contributed by atoms with E-state index in [-0.39, 0.29) is 30.9 Å². The van der Waals surface area contributed by atoms with E-state index < -0.39 is 54.3 Å². The average Bonchev–Trinajstić information content (AvgIpc) is 3.81. The summed E-state index contributed by atoms with van der Waals surface area (Å²) in [5.41, 5.74) is 10.4.